The zero-order chi connectivity index (χ0) is 13.8. The van der Waals surface area contributed by atoms with Crippen LogP contribution in [0.3, 0.4) is 0 Å². The Morgan fingerprint density at radius 2 is 2.37 bits per heavy atom. The highest BCUT2D eigenvalue weighted by Crippen LogP contribution is 2.14. The van der Waals surface area contributed by atoms with Crippen molar-refractivity contribution in [1.82, 2.24) is 9.88 Å². The predicted octanol–water partition coefficient (Wildman–Crippen LogP) is 0.901. The monoisotopic (exact) mass is 263 g/mol. The number of nitrogens with zero attached hydrogens (tertiary/aromatic N) is 2. The molecule has 0 saturated carbocycles. The second-order valence-corrected chi connectivity index (χ2v) is 4.40. The van der Waals surface area contributed by atoms with Crippen LogP contribution in [0, 0.1) is 0 Å². The molecule has 0 aromatic carbocycles. The van der Waals surface area contributed by atoms with Gasteiger partial charge in [-0.1, -0.05) is 0 Å². The molecule has 1 fully saturated rings. The maximum atomic E-state index is 11.7. The summed E-state index contributed by atoms with van der Waals surface area (Å²) in [5, 5.41) is 3.06. The van der Waals surface area contributed by atoms with Crippen molar-refractivity contribution in [2.24, 2.45) is 0 Å². The standard InChI is InChI=1S/C13H17N3O3/c1-3-19-13(18)9-4-5-11(14-8-9)15-10-6-7-16(2)12(10)17/h4-5,8,10H,3,6-7H2,1-2H3,(H,14,15). The average Bonchev–Trinajstić information content (AvgIpc) is 2.72. The second kappa shape index (κ2) is 5.69. The smallest absolute Gasteiger partial charge is 0.339 e. The molecule has 1 amide bonds. The summed E-state index contributed by atoms with van der Waals surface area (Å²) in [4.78, 5) is 29.0. The highest BCUT2D eigenvalue weighted by atomic mass is 16.5. The summed E-state index contributed by atoms with van der Waals surface area (Å²) in [7, 11) is 1.78. The van der Waals surface area contributed by atoms with Gasteiger partial charge in [-0.25, -0.2) is 9.78 Å². The number of anilines is 1. The number of ether oxygens (including phenoxy) is 1. The number of amides is 1. The summed E-state index contributed by atoms with van der Waals surface area (Å²) in [5.74, 6) is 0.260. The number of nitrogens with one attached hydrogen (secondary N) is 1. The van der Waals surface area contributed by atoms with Crippen LogP contribution < -0.4 is 5.32 Å². The molecule has 6 nitrogen and oxygen atoms in total. The summed E-state index contributed by atoms with van der Waals surface area (Å²) >= 11 is 0. The fraction of sp³-hybridized carbons (Fsp3) is 0.462. The van der Waals surface area contributed by atoms with Gasteiger partial charge in [-0.05, 0) is 25.5 Å². The molecule has 0 spiro atoms. The molecule has 0 aliphatic carbocycles. The first-order valence-electron chi connectivity index (χ1n) is 6.26. The summed E-state index contributed by atoms with van der Waals surface area (Å²) in [6.45, 7) is 2.84. The predicted molar refractivity (Wildman–Crippen MR) is 69.9 cm³/mol. The lowest BCUT2D eigenvalue weighted by atomic mass is 10.2. The van der Waals surface area contributed by atoms with Crippen molar-refractivity contribution in [3.63, 3.8) is 0 Å². The second-order valence-electron chi connectivity index (χ2n) is 4.40. The third-order valence-corrected chi connectivity index (χ3v) is 3.02. The van der Waals surface area contributed by atoms with E-state index in [1.54, 1.807) is 31.0 Å². The van der Waals surface area contributed by atoms with E-state index >= 15 is 0 Å². The Morgan fingerprint density at radius 3 is 2.89 bits per heavy atom. The van der Waals surface area contributed by atoms with Gasteiger partial charge in [-0.15, -0.1) is 0 Å². The fourth-order valence-corrected chi connectivity index (χ4v) is 1.95. The van der Waals surface area contributed by atoms with Crippen LogP contribution in [-0.4, -0.2) is 48.0 Å². The lowest BCUT2D eigenvalue weighted by Gasteiger charge is -2.12. The highest BCUT2D eigenvalue weighted by molar-refractivity contribution is 5.89. The molecular formula is C13H17N3O3. The number of pyridine rings is 1. The zero-order valence-corrected chi connectivity index (χ0v) is 11.0. The van der Waals surface area contributed by atoms with Crippen molar-refractivity contribution >= 4 is 17.7 Å². The van der Waals surface area contributed by atoms with Crippen LogP contribution in [0.25, 0.3) is 0 Å². The van der Waals surface area contributed by atoms with E-state index in [1.807, 2.05) is 0 Å². The lowest BCUT2D eigenvalue weighted by Crippen LogP contribution is -2.31. The van der Waals surface area contributed by atoms with E-state index in [0.29, 0.717) is 18.0 Å². The van der Waals surface area contributed by atoms with Crippen LogP contribution in [0.2, 0.25) is 0 Å². The van der Waals surface area contributed by atoms with Gasteiger partial charge in [0, 0.05) is 19.8 Å². The van der Waals surface area contributed by atoms with Crippen molar-refractivity contribution < 1.29 is 14.3 Å². The van der Waals surface area contributed by atoms with Crippen molar-refractivity contribution in [2.75, 3.05) is 25.5 Å². The lowest BCUT2D eigenvalue weighted by molar-refractivity contribution is -0.127. The van der Waals surface area contributed by atoms with Crippen LogP contribution in [0.5, 0.6) is 0 Å². The van der Waals surface area contributed by atoms with E-state index in [-0.39, 0.29) is 11.9 Å². The zero-order valence-electron chi connectivity index (χ0n) is 11.0. The number of aromatic nitrogens is 1. The molecule has 1 atom stereocenters. The van der Waals surface area contributed by atoms with Gasteiger partial charge in [0.05, 0.1) is 12.2 Å². The molecule has 1 aliphatic rings. The first kappa shape index (κ1) is 13.3. The summed E-state index contributed by atoms with van der Waals surface area (Å²) < 4.78 is 4.87. The highest BCUT2D eigenvalue weighted by Gasteiger charge is 2.28. The maximum absolute atomic E-state index is 11.7. The molecular weight excluding hydrogens is 246 g/mol. The van der Waals surface area contributed by atoms with Crippen LogP contribution in [-0.2, 0) is 9.53 Å². The molecule has 102 valence electrons. The van der Waals surface area contributed by atoms with Crippen LogP contribution in [0.1, 0.15) is 23.7 Å². The van der Waals surface area contributed by atoms with E-state index < -0.39 is 5.97 Å². The summed E-state index contributed by atoms with van der Waals surface area (Å²) in [5.41, 5.74) is 0.405. The minimum absolute atomic E-state index is 0.0660. The Morgan fingerprint density at radius 1 is 1.58 bits per heavy atom. The Kier molecular flexibility index (Phi) is 3.99. The summed E-state index contributed by atoms with van der Waals surface area (Å²) in [6.07, 6.45) is 2.21. The molecule has 2 rings (SSSR count). The Hall–Kier alpha value is -2.11. The van der Waals surface area contributed by atoms with Gasteiger partial charge in [0.25, 0.3) is 0 Å². The largest absolute Gasteiger partial charge is 0.462 e. The number of rotatable bonds is 4. The quantitative estimate of drug-likeness (QED) is 0.817. The van der Waals surface area contributed by atoms with Gasteiger partial charge in [-0.2, -0.15) is 0 Å². The average molecular weight is 263 g/mol. The van der Waals surface area contributed by atoms with Crippen LogP contribution in [0.15, 0.2) is 18.3 Å². The summed E-state index contributed by atoms with van der Waals surface area (Å²) in [6, 6.07) is 3.08. The molecule has 6 heteroatoms. The normalized spacial score (nSPS) is 18.5. The van der Waals surface area contributed by atoms with Gasteiger partial charge in [0.1, 0.15) is 11.9 Å². The minimum atomic E-state index is -0.391. The van der Waals surface area contributed by atoms with Gasteiger partial charge < -0.3 is 15.0 Å². The number of hydrogen-bond acceptors (Lipinski definition) is 5. The molecule has 0 radical (unpaired) electrons. The van der Waals surface area contributed by atoms with E-state index in [2.05, 4.69) is 10.3 Å². The molecule has 1 unspecified atom stereocenters. The van der Waals surface area contributed by atoms with Crippen LogP contribution >= 0.6 is 0 Å². The van der Waals surface area contributed by atoms with Crippen LogP contribution in [0.4, 0.5) is 5.82 Å². The van der Waals surface area contributed by atoms with Crippen molar-refractivity contribution in [3.05, 3.63) is 23.9 Å². The number of hydrogen-bond donors (Lipinski definition) is 1. The van der Waals surface area contributed by atoms with Gasteiger partial charge >= 0.3 is 5.97 Å². The Bertz CT molecular complexity index is 473. The van der Waals surface area contributed by atoms with Gasteiger partial charge in [0.15, 0.2) is 0 Å². The Labute approximate surface area is 111 Å². The Balaban J connectivity index is 1.99. The van der Waals surface area contributed by atoms with E-state index in [4.69, 9.17) is 4.74 Å². The topological polar surface area (TPSA) is 71.5 Å². The minimum Gasteiger partial charge on any atom is -0.462 e. The molecule has 1 N–H and O–H groups in total. The third-order valence-electron chi connectivity index (χ3n) is 3.02. The van der Waals surface area contributed by atoms with E-state index in [1.165, 1.54) is 6.20 Å². The first-order valence-corrected chi connectivity index (χ1v) is 6.26. The molecule has 2 heterocycles. The molecule has 1 saturated heterocycles. The fourth-order valence-electron chi connectivity index (χ4n) is 1.95. The SMILES string of the molecule is CCOC(=O)c1ccc(NC2CCN(C)C2=O)nc1. The third kappa shape index (κ3) is 3.01. The molecule has 0 bridgehead atoms. The van der Waals surface area contributed by atoms with E-state index in [0.717, 1.165) is 13.0 Å². The van der Waals surface area contributed by atoms with Gasteiger partial charge in [0.2, 0.25) is 5.91 Å². The number of esters is 1. The van der Waals surface area contributed by atoms with Gasteiger partial charge in [-0.3, -0.25) is 4.79 Å². The maximum Gasteiger partial charge on any atom is 0.339 e. The molecule has 19 heavy (non-hydrogen) atoms. The number of carbonyl (C=O) groups excluding carboxylic acids is 2. The number of likely N-dealkylation sites (tertiary alicyclic amines) is 1. The van der Waals surface area contributed by atoms with Crippen molar-refractivity contribution in [3.8, 4) is 0 Å². The molecule has 1 aliphatic heterocycles. The molecule has 1 aromatic heterocycles. The van der Waals surface area contributed by atoms with E-state index in [9.17, 15) is 9.59 Å². The molecule has 1 aromatic rings. The van der Waals surface area contributed by atoms with Crippen molar-refractivity contribution in [2.45, 2.75) is 19.4 Å². The number of carbonyl (C=O) groups is 2. The first-order chi connectivity index (χ1) is 9.11. The van der Waals surface area contributed by atoms with Crippen molar-refractivity contribution in [1.29, 1.82) is 0 Å². The number of likely N-dealkylation sites (N-methyl/N-ethyl adjacent to an activating group) is 1.